The Hall–Kier alpha value is -3.42. The summed E-state index contributed by atoms with van der Waals surface area (Å²) < 4.78 is 1.99. The highest BCUT2D eigenvalue weighted by molar-refractivity contribution is 5.79. The van der Waals surface area contributed by atoms with E-state index in [0.29, 0.717) is 12.4 Å². The molecule has 0 aliphatic rings. The molecular weight excluding hydrogens is 364 g/mol. The van der Waals surface area contributed by atoms with Crippen molar-refractivity contribution in [1.29, 1.82) is 0 Å². The summed E-state index contributed by atoms with van der Waals surface area (Å²) in [5.74, 6) is 2.52. The number of benzene rings is 1. The summed E-state index contributed by atoms with van der Waals surface area (Å²) in [6.45, 7) is 4.93. The summed E-state index contributed by atoms with van der Waals surface area (Å²) in [7, 11) is 0. The first-order valence-electron chi connectivity index (χ1n) is 9.99. The molecule has 1 aromatic carbocycles. The van der Waals surface area contributed by atoms with Crippen LogP contribution in [0.3, 0.4) is 0 Å². The predicted octanol–water partition coefficient (Wildman–Crippen LogP) is 3.47. The molecule has 0 radical (unpaired) electrons. The molecule has 0 spiro atoms. The minimum atomic E-state index is 0.569. The highest BCUT2D eigenvalue weighted by Gasteiger charge is 2.12. The molecule has 3 heterocycles. The van der Waals surface area contributed by atoms with Crippen LogP contribution < -0.4 is 0 Å². The summed E-state index contributed by atoms with van der Waals surface area (Å²) in [5.41, 5.74) is 3.90. The maximum atomic E-state index is 4.69. The van der Waals surface area contributed by atoms with Gasteiger partial charge in [-0.1, -0.05) is 44.2 Å². The minimum Gasteiger partial charge on any atom is -0.259 e. The van der Waals surface area contributed by atoms with Crippen molar-refractivity contribution in [3.63, 3.8) is 0 Å². The van der Waals surface area contributed by atoms with Gasteiger partial charge in [0.15, 0.2) is 5.82 Å². The van der Waals surface area contributed by atoms with Gasteiger partial charge in [0.1, 0.15) is 5.82 Å². The van der Waals surface area contributed by atoms with Gasteiger partial charge >= 0.3 is 0 Å². The van der Waals surface area contributed by atoms with Crippen LogP contribution in [-0.4, -0.2) is 40.4 Å². The Morgan fingerprint density at radius 2 is 1.79 bits per heavy atom. The fraction of sp³-hybridized carbons (Fsp3) is 0.333. The molecule has 148 valence electrons. The Bertz CT molecular complexity index is 1050. The first-order valence-corrected chi connectivity index (χ1v) is 9.99. The summed E-state index contributed by atoms with van der Waals surface area (Å²) >= 11 is 0. The van der Waals surface area contributed by atoms with E-state index in [0.717, 1.165) is 59.7 Å². The molecule has 0 aliphatic heterocycles. The van der Waals surface area contributed by atoms with Gasteiger partial charge in [-0.15, -0.1) is 10.2 Å². The van der Waals surface area contributed by atoms with Crippen molar-refractivity contribution in [2.24, 2.45) is 0 Å². The van der Waals surface area contributed by atoms with E-state index >= 15 is 0 Å². The standard InChI is InChI=1S/C21H24N8/c1-3-7-19-23-20(8-4-2)29(26-19)14-16-12-11-15(13-22-16)17-9-5-6-10-18(17)21-24-27-28-25-21/h5-6,9-13H,3-4,7-8,14H2,1-2H3,(H,24,25,27,28). The van der Waals surface area contributed by atoms with Gasteiger partial charge in [-0.3, -0.25) is 4.98 Å². The number of hydrogen-bond donors (Lipinski definition) is 1. The summed E-state index contributed by atoms with van der Waals surface area (Å²) in [6, 6.07) is 12.1. The second kappa shape index (κ2) is 8.72. The molecule has 8 heteroatoms. The lowest BCUT2D eigenvalue weighted by atomic mass is 10.0. The van der Waals surface area contributed by atoms with Gasteiger partial charge < -0.3 is 0 Å². The fourth-order valence-electron chi connectivity index (χ4n) is 3.33. The van der Waals surface area contributed by atoms with Gasteiger partial charge in [0, 0.05) is 30.2 Å². The highest BCUT2D eigenvalue weighted by Crippen LogP contribution is 2.29. The van der Waals surface area contributed by atoms with Crippen molar-refractivity contribution < 1.29 is 0 Å². The number of nitrogens with zero attached hydrogens (tertiary/aromatic N) is 7. The SMILES string of the molecule is CCCc1nc(CCC)n(Cc2ccc(-c3ccccc3-c3nn[nH]n3)cn2)n1. The van der Waals surface area contributed by atoms with Crippen molar-refractivity contribution in [2.45, 2.75) is 46.1 Å². The van der Waals surface area contributed by atoms with Gasteiger partial charge in [-0.2, -0.15) is 10.3 Å². The summed E-state index contributed by atoms with van der Waals surface area (Å²) in [5, 5.41) is 19.1. The van der Waals surface area contributed by atoms with Crippen molar-refractivity contribution in [2.75, 3.05) is 0 Å². The molecule has 0 aliphatic carbocycles. The molecule has 0 fully saturated rings. The zero-order valence-electron chi connectivity index (χ0n) is 16.7. The Labute approximate surface area is 169 Å². The van der Waals surface area contributed by atoms with Crippen molar-refractivity contribution in [3.05, 3.63) is 59.9 Å². The number of rotatable bonds is 8. The van der Waals surface area contributed by atoms with Crippen LogP contribution in [0.25, 0.3) is 22.5 Å². The molecule has 0 unspecified atom stereocenters. The second-order valence-corrected chi connectivity index (χ2v) is 6.92. The first-order chi connectivity index (χ1) is 14.3. The van der Waals surface area contributed by atoms with Crippen LogP contribution in [0.2, 0.25) is 0 Å². The Kier molecular flexibility index (Phi) is 5.69. The molecule has 4 rings (SSSR count). The van der Waals surface area contributed by atoms with E-state index in [4.69, 9.17) is 4.98 Å². The highest BCUT2D eigenvalue weighted by atomic mass is 15.5. The molecule has 3 aromatic heterocycles. The van der Waals surface area contributed by atoms with E-state index in [1.165, 1.54) is 0 Å². The quantitative estimate of drug-likeness (QED) is 0.496. The molecule has 0 saturated carbocycles. The number of nitrogens with one attached hydrogen (secondary N) is 1. The van der Waals surface area contributed by atoms with Gasteiger partial charge in [0.05, 0.1) is 12.2 Å². The van der Waals surface area contributed by atoms with E-state index in [9.17, 15) is 0 Å². The second-order valence-electron chi connectivity index (χ2n) is 6.92. The number of pyridine rings is 1. The maximum absolute atomic E-state index is 4.69. The molecule has 0 saturated heterocycles. The lowest BCUT2D eigenvalue weighted by Crippen LogP contribution is -2.08. The number of H-pyrrole nitrogens is 1. The third-order valence-corrected chi connectivity index (χ3v) is 4.70. The Morgan fingerprint density at radius 1 is 0.966 bits per heavy atom. The molecular formula is C21H24N8. The largest absolute Gasteiger partial charge is 0.259 e. The topological polar surface area (TPSA) is 98.1 Å². The zero-order chi connectivity index (χ0) is 20.1. The van der Waals surface area contributed by atoms with Crippen LogP contribution in [-0.2, 0) is 19.4 Å². The minimum absolute atomic E-state index is 0.569. The normalized spacial score (nSPS) is 11.1. The Morgan fingerprint density at radius 3 is 2.48 bits per heavy atom. The van der Waals surface area contributed by atoms with E-state index in [1.807, 2.05) is 41.2 Å². The molecule has 29 heavy (non-hydrogen) atoms. The molecule has 0 amide bonds. The van der Waals surface area contributed by atoms with E-state index in [2.05, 4.69) is 50.6 Å². The van der Waals surface area contributed by atoms with Crippen molar-refractivity contribution in [1.82, 2.24) is 40.4 Å². The number of aromatic nitrogens is 8. The third-order valence-electron chi connectivity index (χ3n) is 4.70. The van der Waals surface area contributed by atoms with Crippen LogP contribution in [0.5, 0.6) is 0 Å². The number of hydrogen-bond acceptors (Lipinski definition) is 6. The van der Waals surface area contributed by atoms with Gasteiger partial charge in [0.25, 0.3) is 0 Å². The van der Waals surface area contributed by atoms with E-state index < -0.39 is 0 Å². The fourth-order valence-corrected chi connectivity index (χ4v) is 3.33. The smallest absolute Gasteiger partial charge is 0.205 e. The van der Waals surface area contributed by atoms with Crippen LogP contribution in [0.4, 0.5) is 0 Å². The maximum Gasteiger partial charge on any atom is 0.205 e. The first kappa shape index (κ1) is 18.9. The zero-order valence-corrected chi connectivity index (χ0v) is 16.7. The van der Waals surface area contributed by atoms with E-state index in [-0.39, 0.29) is 0 Å². The lowest BCUT2D eigenvalue weighted by molar-refractivity contribution is 0.614. The Balaban J connectivity index is 1.59. The van der Waals surface area contributed by atoms with Crippen LogP contribution in [0, 0.1) is 0 Å². The van der Waals surface area contributed by atoms with Crippen molar-refractivity contribution in [3.8, 4) is 22.5 Å². The third kappa shape index (κ3) is 4.21. The summed E-state index contributed by atoms with van der Waals surface area (Å²) in [6.07, 6.45) is 5.80. The summed E-state index contributed by atoms with van der Waals surface area (Å²) in [4.78, 5) is 9.37. The van der Waals surface area contributed by atoms with Crippen LogP contribution in [0.15, 0.2) is 42.6 Å². The lowest BCUT2D eigenvalue weighted by Gasteiger charge is -2.08. The molecule has 0 bridgehead atoms. The number of aryl methyl sites for hydroxylation is 2. The van der Waals surface area contributed by atoms with Gasteiger partial charge in [-0.05, 0) is 29.7 Å². The van der Waals surface area contributed by atoms with E-state index in [1.54, 1.807) is 0 Å². The van der Waals surface area contributed by atoms with Gasteiger partial charge in [-0.25, -0.2) is 9.67 Å². The average molecular weight is 388 g/mol. The molecule has 0 atom stereocenters. The molecule has 4 aromatic rings. The van der Waals surface area contributed by atoms with Crippen molar-refractivity contribution >= 4 is 0 Å². The number of aromatic amines is 1. The average Bonchev–Trinajstić information content (AvgIpc) is 3.40. The number of tetrazole rings is 1. The molecule has 8 nitrogen and oxygen atoms in total. The monoisotopic (exact) mass is 388 g/mol. The molecule has 1 N–H and O–H groups in total. The predicted molar refractivity (Wildman–Crippen MR) is 110 cm³/mol. The van der Waals surface area contributed by atoms with Gasteiger partial charge in [0.2, 0.25) is 5.82 Å². The van der Waals surface area contributed by atoms with Crippen LogP contribution in [0.1, 0.15) is 44.0 Å². The van der Waals surface area contributed by atoms with Crippen LogP contribution >= 0.6 is 0 Å².